The van der Waals surface area contributed by atoms with Crippen LogP contribution in [0, 0.1) is 18.6 Å². The van der Waals surface area contributed by atoms with Crippen molar-refractivity contribution in [3.63, 3.8) is 0 Å². The number of aromatic nitrogens is 2. The minimum absolute atomic E-state index is 0.248. The first-order chi connectivity index (χ1) is 11.5. The summed E-state index contributed by atoms with van der Waals surface area (Å²) in [4.78, 5) is 13.0. The van der Waals surface area contributed by atoms with E-state index in [9.17, 15) is 13.6 Å². The Balaban J connectivity index is 1.95. The lowest BCUT2D eigenvalue weighted by molar-refractivity contribution is -0.121. The van der Waals surface area contributed by atoms with E-state index < -0.39 is 17.0 Å². The van der Waals surface area contributed by atoms with Crippen molar-refractivity contribution in [3.8, 4) is 0 Å². The van der Waals surface area contributed by atoms with E-state index in [2.05, 4.69) is 15.5 Å². The van der Waals surface area contributed by atoms with Gasteiger partial charge in [-0.15, -0.1) is 0 Å². The van der Waals surface area contributed by atoms with E-state index in [0.717, 1.165) is 36.6 Å². The highest BCUT2D eigenvalue weighted by Gasteiger charge is 2.43. The molecule has 3 rings (SSSR count). The lowest BCUT2D eigenvalue weighted by Crippen LogP contribution is -2.38. The second kappa shape index (κ2) is 6.34. The van der Waals surface area contributed by atoms with Crippen LogP contribution in [0.2, 0.25) is 0 Å². The van der Waals surface area contributed by atoms with E-state index in [0.29, 0.717) is 24.2 Å². The summed E-state index contributed by atoms with van der Waals surface area (Å²) in [6.07, 6.45) is 3.64. The quantitative estimate of drug-likeness (QED) is 0.888. The first-order valence-corrected chi connectivity index (χ1v) is 8.28. The van der Waals surface area contributed by atoms with Gasteiger partial charge < -0.3 is 5.32 Å². The minimum Gasteiger partial charge on any atom is -0.308 e. The van der Waals surface area contributed by atoms with Gasteiger partial charge in [0.1, 0.15) is 11.6 Å². The number of rotatable bonds is 4. The number of nitrogens with zero attached hydrogens (tertiary/aromatic N) is 1. The molecular weight excluding hydrogens is 312 g/mol. The monoisotopic (exact) mass is 333 g/mol. The molecule has 1 aromatic heterocycles. The highest BCUT2D eigenvalue weighted by molar-refractivity contribution is 5.99. The molecule has 1 amide bonds. The normalized spacial score (nSPS) is 16.3. The Hall–Kier alpha value is -2.24. The zero-order valence-corrected chi connectivity index (χ0v) is 13.9. The Kier molecular flexibility index (Phi) is 4.39. The highest BCUT2D eigenvalue weighted by atomic mass is 19.1. The molecule has 0 saturated heterocycles. The van der Waals surface area contributed by atoms with Crippen LogP contribution in [0.15, 0.2) is 18.2 Å². The summed E-state index contributed by atoms with van der Waals surface area (Å²) >= 11 is 0. The van der Waals surface area contributed by atoms with E-state index in [4.69, 9.17) is 0 Å². The molecule has 6 heteroatoms. The number of aromatic amines is 1. The summed E-state index contributed by atoms with van der Waals surface area (Å²) in [6.45, 7) is 3.89. The Morgan fingerprint density at radius 2 is 1.88 bits per heavy atom. The van der Waals surface area contributed by atoms with E-state index in [-0.39, 0.29) is 5.91 Å². The molecule has 1 aromatic carbocycles. The zero-order chi connectivity index (χ0) is 17.3. The predicted molar refractivity (Wildman–Crippen MR) is 87.8 cm³/mol. The number of hydrogen-bond donors (Lipinski definition) is 2. The fraction of sp³-hybridized carbons (Fsp3) is 0.444. The van der Waals surface area contributed by atoms with Gasteiger partial charge in [0, 0.05) is 17.3 Å². The minimum atomic E-state index is -0.902. The largest absolute Gasteiger partial charge is 0.308 e. The number of amides is 1. The lowest BCUT2D eigenvalue weighted by Gasteiger charge is -2.28. The van der Waals surface area contributed by atoms with E-state index in [1.165, 1.54) is 12.1 Å². The maximum absolute atomic E-state index is 13.7. The number of anilines is 1. The third-order valence-electron chi connectivity index (χ3n) is 5.00. The van der Waals surface area contributed by atoms with Crippen LogP contribution in [0.5, 0.6) is 0 Å². The third-order valence-corrected chi connectivity index (χ3v) is 5.00. The predicted octanol–water partition coefficient (Wildman–Crippen LogP) is 4.01. The molecule has 1 aliphatic carbocycles. The van der Waals surface area contributed by atoms with Crippen LogP contribution in [0.3, 0.4) is 0 Å². The summed E-state index contributed by atoms with van der Waals surface area (Å²) in [5, 5.41) is 9.92. The number of H-pyrrole nitrogens is 1. The Morgan fingerprint density at radius 3 is 2.42 bits per heavy atom. The second-order valence-electron chi connectivity index (χ2n) is 6.43. The van der Waals surface area contributed by atoms with Gasteiger partial charge >= 0.3 is 0 Å². The molecule has 128 valence electrons. The molecule has 2 aromatic rings. The van der Waals surface area contributed by atoms with Crippen LogP contribution < -0.4 is 5.32 Å². The molecule has 0 atom stereocenters. The van der Waals surface area contributed by atoms with Crippen molar-refractivity contribution in [1.82, 2.24) is 10.2 Å². The number of benzene rings is 1. The second-order valence-corrected chi connectivity index (χ2v) is 6.43. The zero-order valence-electron chi connectivity index (χ0n) is 13.9. The summed E-state index contributed by atoms with van der Waals surface area (Å²) in [7, 11) is 0. The van der Waals surface area contributed by atoms with Crippen LogP contribution in [0.1, 0.15) is 49.4 Å². The number of carbonyl (C=O) groups excluding carboxylic acids is 1. The van der Waals surface area contributed by atoms with Gasteiger partial charge in [0.25, 0.3) is 0 Å². The molecule has 1 heterocycles. The molecule has 24 heavy (non-hydrogen) atoms. The van der Waals surface area contributed by atoms with Gasteiger partial charge in [-0.3, -0.25) is 9.89 Å². The summed E-state index contributed by atoms with van der Waals surface area (Å²) < 4.78 is 27.3. The first-order valence-electron chi connectivity index (χ1n) is 8.28. The van der Waals surface area contributed by atoms with Crippen molar-refractivity contribution in [1.29, 1.82) is 0 Å². The fourth-order valence-corrected chi connectivity index (χ4v) is 3.58. The van der Waals surface area contributed by atoms with E-state index in [1.807, 2.05) is 13.8 Å². The molecule has 0 aliphatic heterocycles. The van der Waals surface area contributed by atoms with Crippen molar-refractivity contribution in [2.45, 2.75) is 51.4 Å². The summed E-state index contributed by atoms with van der Waals surface area (Å²) in [5.41, 5.74) is 1.35. The van der Waals surface area contributed by atoms with Gasteiger partial charge in [-0.1, -0.05) is 19.8 Å². The van der Waals surface area contributed by atoms with Gasteiger partial charge in [0.2, 0.25) is 5.91 Å². The Labute approximate surface area is 139 Å². The Morgan fingerprint density at radius 1 is 1.25 bits per heavy atom. The molecule has 1 aliphatic rings. The van der Waals surface area contributed by atoms with Crippen molar-refractivity contribution in [3.05, 3.63) is 46.7 Å². The van der Waals surface area contributed by atoms with Gasteiger partial charge in [0.05, 0.1) is 5.41 Å². The smallest absolute Gasteiger partial charge is 0.236 e. The van der Waals surface area contributed by atoms with Crippen LogP contribution >= 0.6 is 0 Å². The molecule has 0 unspecified atom stereocenters. The van der Waals surface area contributed by atoms with Crippen LogP contribution in [-0.2, 0) is 16.6 Å². The fourth-order valence-electron chi connectivity index (χ4n) is 3.58. The van der Waals surface area contributed by atoms with Gasteiger partial charge in [-0.2, -0.15) is 5.10 Å². The molecule has 0 radical (unpaired) electrons. The van der Waals surface area contributed by atoms with Crippen molar-refractivity contribution in [2.24, 2.45) is 0 Å². The van der Waals surface area contributed by atoms with Crippen molar-refractivity contribution >= 4 is 11.7 Å². The number of aryl methyl sites for hydroxylation is 1. The highest BCUT2D eigenvalue weighted by Crippen LogP contribution is 2.42. The molecule has 2 N–H and O–H groups in total. The first kappa shape index (κ1) is 16.6. The standard InChI is InChI=1S/C18H21F2N3O/c1-3-15-11(2)16(23-22-15)21-17(24)18(6-4-5-7-18)12-8-13(19)10-14(20)9-12/h8-10H,3-7H2,1-2H3,(H2,21,22,23,24). The molecular formula is C18H21F2N3O. The number of carbonyl (C=O) groups is 1. The molecule has 0 bridgehead atoms. The average Bonchev–Trinajstić information content (AvgIpc) is 3.15. The summed E-state index contributed by atoms with van der Waals surface area (Å²) in [5.74, 6) is -1.08. The number of halogens is 2. The van der Waals surface area contributed by atoms with Crippen molar-refractivity contribution < 1.29 is 13.6 Å². The van der Waals surface area contributed by atoms with Crippen LogP contribution in [0.4, 0.5) is 14.6 Å². The van der Waals surface area contributed by atoms with Crippen LogP contribution in [0.25, 0.3) is 0 Å². The Bertz CT molecular complexity index is 743. The van der Waals surface area contributed by atoms with Crippen molar-refractivity contribution in [2.75, 3.05) is 5.32 Å². The van der Waals surface area contributed by atoms with Gasteiger partial charge in [-0.25, -0.2) is 8.78 Å². The lowest BCUT2D eigenvalue weighted by atomic mass is 9.78. The molecule has 4 nitrogen and oxygen atoms in total. The van der Waals surface area contributed by atoms with Gasteiger partial charge in [0.15, 0.2) is 5.82 Å². The van der Waals surface area contributed by atoms with E-state index in [1.54, 1.807) is 0 Å². The number of hydrogen-bond acceptors (Lipinski definition) is 2. The molecule has 1 saturated carbocycles. The maximum atomic E-state index is 13.7. The average molecular weight is 333 g/mol. The van der Waals surface area contributed by atoms with Gasteiger partial charge in [-0.05, 0) is 43.9 Å². The molecule has 1 fully saturated rings. The molecule has 0 spiro atoms. The summed E-state index contributed by atoms with van der Waals surface area (Å²) in [6, 6.07) is 3.36. The van der Waals surface area contributed by atoms with Crippen LogP contribution in [-0.4, -0.2) is 16.1 Å². The third kappa shape index (κ3) is 2.81. The number of nitrogens with one attached hydrogen (secondary N) is 2. The maximum Gasteiger partial charge on any atom is 0.236 e. The SMILES string of the molecule is CCc1[nH]nc(NC(=O)C2(c3cc(F)cc(F)c3)CCCC2)c1C. The topological polar surface area (TPSA) is 57.8 Å². The van der Waals surface area contributed by atoms with E-state index >= 15 is 0 Å².